The van der Waals surface area contributed by atoms with Gasteiger partial charge in [0.2, 0.25) is 0 Å². The third-order valence-corrected chi connectivity index (χ3v) is 5.40. The van der Waals surface area contributed by atoms with E-state index in [9.17, 15) is 13.6 Å². The predicted octanol–water partition coefficient (Wildman–Crippen LogP) is 6.65. The van der Waals surface area contributed by atoms with Crippen molar-refractivity contribution < 1.29 is 18.3 Å². The molecule has 0 saturated carbocycles. The largest absolute Gasteiger partial charge is 0.444 e. The number of carbonyl (C=O) groups excluding carboxylic acids is 1. The summed E-state index contributed by atoms with van der Waals surface area (Å²) >= 11 is 0. The van der Waals surface area contributed by atoms with E-state index in [-0.39, 0.29) is 11.3 Å². The van der Waals surface area contributed by atoms with Crippen molar-refractivity contribution in [1.29, 1.82) is 0 Å². The van der Waals surface area contributed by atoms with E-state index in [1.807, 2.05) is 48.7 Å². The van der Waals surface area contributed by atoms with Crippen molar-refractivity contribution in [3.05, 3.63) is 90.4 Å². The molecule has 180 valence electrons. The molecule has 0 fully saturated rings. The second-order valence-corrected chi connectivity index (χ2v) is 9.83. The van der Waals surface area contributed by atoms with Crippen LogP contribution in [0.25, 0.3) is 11.3 Å². The third-order valence-electron chi connectivity index (χ3n) is 5.40. The van der Waals surface area contributed by atoms with E-state index in [1.54, 1.807) is 33.0 Å². The summed E-state index contributed by atoms with van der Waals surface area (Å²) in [7, 11) is 0. The molecule has 1 unspecified atom stereocenters. The van der Waals surface area contributed by atoms with Crippen LogP contribution in [0.15, 0.2) is 67.4 Å². The highest BCUT2D eigenvalue weighted by molar-refractivity contribution is 5.68. The van der Waals surface area contributed by atoms with Gasteiger partial charge in [-0.2, -0.15) is 0 Å². The van der Waals surface area contributed by atoms with Crippen molar-refractivity contribution in [2.75, 3.05) is 0 Å². The van der Waals surface area contributed by atoms with Crippen LogP contribution in [0.2, 0.25) is 0 Å². The average Bonchev–Trinajstić information content (AvgIpc) is 3.16. The maximum absolute atomic E-state index is 14.6. The molecule has 0 spiro atoms. The molecule has 3 rings (SSSR count). The number of imidazole rings is 1. The Hall–Kier alpha value is -3.48. The van der Waals surface area contributed by atoms with Gasteiger partial charge in [-0.25, -0.2) is 18.6 Å². The first-order valence-corrected chi connectivity index (χ1v) is 11.1. The Balaban J connectivity index is 2.13. The smallest absolute Gasteiger partial charge is 0.408 e. The van der Waals surface area contributed by atoms with Gasteiger partial charge in [0.15, 0.2) is 0 Å². The molecule has 2 aromatic carbocycles. The summed E-state index contributed by atoms with van der Waals surface area (Å²) in [5.41, 5.74) is -0.0457. The quantitative estimate of drug-likeness (QED) is 0.396. The van der Waals surface area contributed by atoms with E-state index in [0.29, 0.717) is 12.4 Å². The summed E-state index contributed by atoms with van der Waals surface area (Å²) in [6.45, 7) is 13.5. The van der Waals surface area contributed by atoms with Crippen LogP contribution in [0.4, 0.5) is 13.6 Å². The maximum atomic E-state index is 14.6. The number of nitrogens with one attached hydrogen (secondary N) is 1. The molecule has 3 aromatic rings. The second kappa shape index (κ2) is 9.79. The Morgan fingerprint density at radius 3 is 2.44 bits per heavy atom. The summed E-state index contributed by atoms with van der Waals surface area (Å²) in [4.78, 5) is 17.4. The normalized spacial score (nSPS) is 12.8. The Bertz CT molecular complexity index is 1160. The van der Waals surface area contributed by atoms with E-state index in [4.69, 9.17) is 4.74 Å². The summed E-state index contributed by atoms with van der Waals surface area (Å²) in [6, 6.07) is 12.3. The van der Waals surface area contributed by atoms with Gasteiger partial charge in [0, 0.05) is 23.7 Å². The number of hydrogen-bond acceptors (Lipinski definition) is 3. The highest BCUT2D eigenvalue weighted by Crippen LogP contribution is 2.36. The van der Waals surface area contributed by atoms with Gasteiger partial charge in [-0.3, -0.25) is 0 Å². The lowest BCUT2D eigenvalue weighted by Gasteiger charge is -2.33. The summed E-state index contributed by atoms with van der Waals surface area (Å²) in [6.07, 6.45) is 2.78. The van der Waals surface area contributed by atoms with Crippen molar-refractivity contribution in [3.63, 3.8) is 0 Å². The van der Waals surface area contributed by atoms with E-state index >= 15 is 0 Å². The molecule has 1 aromatic heterocycles. The highest BCUT2D eigenvalue weighted by Gasteiger charge is 2.35. The van der Waals surface area contributed by atoms with Gasteiger partial charge in [-0.15, -0.1) is 6.58 Å². The molecule has 0 aliphatic heterocycles. The number of hydrogen-bond donors (Lipinski definition) is 1. The van der Waals surface area contributed by atoms with Gasteiger partial charge in [0.25, 0.3) is 0 Å². The van der Waals surface area contributed by atoms with Gasteiger partial charge in [-0.1, -0.05) is 50.3 Å². The van der Waals surface area contributed by atoms with E-state index in [0.717, 1.165) is 23.8 Å². The monoisotopic (exact) mass is 467 g/mol. The Kier molecular flexibility index (Phi) is 7.24. The fraction of sp³-hybridized carbons (Fsp3) is 0.333. The Labute approximate surface area is 199 Å². The molecule has 5 nitrogen and oxygen atoms in total. The predicted molar refractivity (Wildman–Crippen MR) is 129 cm³/mol. The number of amides is 1. The van der Waals surface area contributed by atoms with Crippen LogP contribution in [0.5, 0.6) is 0 Å². The van der Waals surface area contributed by atoms with E-state index in [2.05, 4.69) is 16.9 Å². The minimum absolute atomic E-state index is 0.0421. The van der Waals surface area contributed by atoms with Gasteiger partial charge in [0.05, 0.1) is 11.7 Å². The first-order chi connectivity index (χ1) is 15.9. The van der Waals surface area contributed by atoms with Gasteiger partial charge in [-0.05, 0) is 44.5 Å². The number of carbonyl (C=O) groups is 1. The lowest BCUT2D eigenvalue weighted by atomic mass is 9.84. The maximum Gasteiger partial charge on any atom is 0.408 e. The second-order valence-electron chi connectivity index (χ2n) is 9.83. The molecular formula is C27H31F2N3O2. The van der Waals surface area contributed by atoms with Crippen LogP contribution in [0.3, 0.4) is 0 Å². The zero-order valence-electron chi connectivity index (χ0n) is 20.2. The molecule has 1 N–H and O–H groups in total. The van der Waals surface area contributed by atoms with Crippen LogP contribution in [0.1, 0.15) is 52.0 Å². The highest BCUT2D eigenvalue weighted by atomic mass is 19.1. The Morgan fingerprint density at radius 1 is 1.15 bits per heavy atom. The van der Waals surface area contributed by atoms with Crippen LogP contribution in [-0.4, -0.2) is 21.2 Å². The van der Waals surface area contributed by atoms with Gasteiger partial charge >= 0.3 is 6.09 Å². The molecule has 7 heteroatoms. The van der Waals surface area contributed by atoms with Crippen LogP contribution >= 0.6 is 0 Å². The van der Waals surface area contributed by atoms with Gasteiger partial charge < -0.3 is 14.6 Å². The number of halogens is 2. The SMILES string of the molecule is C=CC(C)(C)C(NC(=O)OC(C)(C)C)c1nc(-c2cc(F)ccc2F)cn1Cc1ccccc1. The first kappa shape index (κ1) is 25.1. The Morgan fingerprint density at radius 2 is 1.82 bits per heavy atom. The van der Waals surface area contributed by atoms with Crippen LogP contribution in [0, 0.1) is 17.0 Å². The molecule has 34 heavy (non-hydrogen) atoms. The van der Waals surface area contributed by atoms with Crippen molar-refractivity contribution in [3.8, 4) is 11.3 Å². The molecule has 0 saturated heterocycles. The molecule has 1 atom stereocenters. The molecule has 1 amide bonds. The molecule has 0 aliphatic rings. The van der Waals surface area contributed by atoms with Crippen LogP contribution in [-0.2, 0) is 11.3 Å². The fourth-order valence-corrected chi connectivity index (χ4v) is 3.52. The third kappa shape index (κ3) is 6.10. The topological polar surface area (TPSA) is 56.1 Å². The minimum atomic E-state index is -0.692. The molecule has 0 aliphatic carbocycles. The average molecular weight is 468 g/mol. The van der Waals surface area contributed by atoms with Crippen molar-refractivity contribution in [2.45, 2.75) is 52.8 Å². The summed E-state index contributed by atoms with van der Waals surface area (Å²) in [5, 5.41) is 2.91. The standard InChI is InChI=1S/C27H31F2N3O2/c1-7-27(5,6)23(31-25(33)34-26(2,3)4)24-30-22(20-15-19(28)13-14-21(20)29)17-32(24)16-18-11-9-8-10-12-18/h7-15,17,23H,1,16H2,2-6H3,(H,31,33). The van der Waals surface area contributed by atoms with Crippen molar-refractivity contribution >= 4 is 6.09 Å². The number of nitrogens with zero attached hydrogens (tertiary/aromatic N) is 2. The zero-order chi connectivity index (χ0) is 25.1. The van der Waals surface area contributed by atoms with E-state index in [1.165, 1.54) is 0 Å². The zero-order valence-corrected chi connectivity index (χ0v) is 20.2. The van der Waals surface area contributed by atoms with Crippen molar-refractivity contribution in [1.82, 2.24) is 14.9 Å². The first-order valence-electron chi connectivity index (χ1n) is 11.1. The molecule has 1 heterocycles. The molecule has 0 bridgehead atoms. The lowest BCUT2D eigenvalue weighted by Crippen LogP contribution is -2.41. The number of ether oxygens (including phenoxy) is 1. The summed E-state index contributed by atoms with van der Waals surface area (Å²) in [5.74, 6) is -0.680. The lowest BCUT2D eigenvalue weighted by molar-refractivity contribution is 0.0467. The molecular weight excluding hydrogens is 436 g/mol. The number of benzene rings is 2. The van der Waals surface area contributed by atoms with E-state index < -0.39 is 34.8 Å². The number of alkyl carbamates (subject to hydrolysis) is 1. The number of rotatable bonds is 7. The fourth-order valence-electron chi connectivity index (χ4n) is 3.52. The van der Waals surface area contributed by atoms with Crippen LogP contribution < -0.4 is 5.32 Å². The minimum Gasteiger partial charge on any atom is -0.444 e. The van der Waals surface area contributed by atoms with Crippen molar-refractivity contribution in [2.24, 2.45) is 5.41 Å². The summed E-state index contributed by atoms with van der Waals surface area (Å²) < 4.78 is 35.8. The number of aromatic nitrogens is 2. The van der Waals surface area contributed by atoms with Gasteiger partial charge in [0.1, 0.15) is 23.1 Å². The molecule has 0 radical (unpaired) electrons.